The van der Waals surface area contributed by atoms with Gasteiger partial charge in [-0.25, -0.2) is 0 Å². The van der Waals surface area contributed by atoms with Crippen LogP contribution in [0.25, 0.3) is 0 Å². The van der Waals surface area contributed by atoms with E-state index in [9.17, 15) is 0 Å². The molecule has 3 rings (SSSR count). The fraction of sp³-hybridized carbons (Fsp3) is 0.667. The highest BCUT2D eigenvalue weighted by molar-refractivity contribution is 5.37. The van der Waals surface area contributed by atoms with Gasteiger partial charge in [-0.2, -0.15) is 0 Å². The molecule has 0 radical (unpaired) electrons. The number of benzene rings is 1. The molecule has 3 atom stereocenters. The van der Waals surface area contributed by atoms with E-state index in [2.05, 4.69) is 38.2 Å². The highest BCUT2D eigenvalue weighted by Crippen LogP contribution is 2.47. The van der Waals surface area contributed by atoms with E-state index >= 15 is 0 Å². The highest BCUT2D eigenvalue weighted by atomic mass is 14.9. The Morgan fingerprint density at radius 2 is 1.79 bits per heavy atom. The van der Waals surface area contributed by atoms with E-state index in [-0.39, 0.29) is 0 Å². The largest absolute Gasteiger partial charge is 0.312 e. The van der Waals surface area contributed by atoms with Crippen LogP contribution < -0.4 is 5.32 Å². The number of nitrogens with one attached hydrogen (secondary N) is 1. The summed E-state index contributed by atoms with van der Waals surface area (Å²) >= 11 is 0. The topological polar surface area (TPSA) is 12.0 Å². The predicted octanol–water partition coefficient (Wildman–Crippen LogP) is 4.14. The predicted molar refractivity (Wildman–Crippen MR) is 81.3 cm³/mol. The maximum Gasteiger partial charge on any atom is 0.0210 e. The van der Waals surface area contributed by atoms with Gasteiger partial charge in [-0.15, -0.1) is 0 Å². The van der Waals surface area contributed by atoms with Crippen molar-refractivity contribution in [2.45, 2.75) is 53.0 Å². The molecule has 2 saturated carbocycles. The third-order valence-corrected chi connectivity index (χ3v) is 5.43. The maximum absolute atomic E-state index is 3.73. The summed E-state index contributed by atoms with van der Waals surface area (Å²) in [6.07, 6.45) is 6.02. The molecular formula is C18H27N. The summed E-state index contributed by atoms with van der Waals surface area (Å²) in [6, 6.07) is 4.61. The molecule has 2 aliphatic rings. The zero-order valence-electron chi connectivity index (χ0n) is 12.6. The summed E-state index contributed by atoms with van der Waals surface area (Å²) in [5, 5.41) is 3.73. The molecule has 2 aliphatic carbocycles. The summed E-state index contributed by atoms with van der Waals surface area (Å²) in [5.74, 6) is 3.07. The van der Waals surface area contributed by atoms with E-state index in [1.807, 2.05) is 0 Å². The van der Waals surface area contributed by atoms with Gasteiger partial charge in [-0.3, -0.25) is 0 Å². The van der Waals surface area contributed by atoms with Crippen LogP contribution in [0.5, 0.6) is 0 Å². The van der Waals surface area contributed by atoms with Gasteiger partial charge in [-0.1, -0.05) is 24.1 Å². The Kier molecular flexibility index (Phi) is 3.66. The number of hydrogen-bond acceptors (Lipinski definition) is 1. The van der Waals surface area contributed by atoms with Crippen molar-refractivity contribution >= 4 is 0 Å². The molecule has 0 heterocycles. The van der Waals surface area contributed by atoms with Crippen molar-refractivity contribution in [3.05, 3.63) is 34.4 Å². The van der Waals surface area contributed by atoms with Gasteiger partial charge in [0.15, 0.2) is 0 Å². The van der Waals surface area contributed by atoms with Crippen LogP contribution in [0.4, 0.5) is 0 Å². The Morgan fingerprint density at radius 1 is 1.05 bits per heavy atom. The summed E-state index contributed by atoms with van der Waals surface area (Å²) in [5.41, 5.74) is 5.77. The first-order chi connectivity index (χ1) is 9.13. The van der Waals surface area contributed by atoms with Crippen LogP contribution in [-0.2, 0) is 6.54 Å². The lowest BCUT2D eigenvalue weighted by Crippen LogP contribution is -2.26. The van der Waals surface area contributed by atoms with Crippen molar-refractivity contribution < 1.29 is 0 Å². The number of aryl methyl sites for hydroxylation is 3. The van der Waals surface area contributed by atoms with Gasteiger partial charge in [0.25, 0.3) is 0 Å². The lowest BCUT2D eigenvalue weighted by molar-refractivity contribution is 0.318. The molecule has 19 heavy (non-hydrogen) atoms. The van der Waals surface area contributed by atoms with E-state index in [0.717, 1.165) is 24.3 Å². The summed E-state index contributed by atoms with van der Waals surface area (Å²) in [7, 11) is 0. The smallest absolute Gasteiger partial charge is 0.0210 e. The second-order valence-corrected chi connectivity index (χ2v) is 6.94. The lowest BCUT2D eigenvalue weighted by Gasteiger charge is -2.22. The van der Waals surface area contributed by atoms with Crippen LogP contribution >= 0.6 is 0 Å². The van der Waals surface area contributed by atoms with Crippen molar-refractivity contribution in [2.75, 3.05) is 6.54 Å². The van der Waals surface area contributed by atoms with Crippen molar-refractivity contribution in [2.24, 2.45) is 17.8 Å². The lowest BCUT2D eigenvalue weighted by atomic mass is 9.89. The molecule has 1 aromatic rings. The molecular weight excluding hydrogens is 230 g/mol. The van der Waals surface area contributed by atoms with E-state index < -0.39 is 0 Å². The Hall–Kier alpha value is -0.820. The Balaban J connectivity index is 1.55. The second kappa shape index (κ2) is 5.28. The molecule has 2 fully saturated rings. The number of fused-ring (bicyclic) bond motifs is 2. The normalized spacial score (nSPS) is 29.1. The van der Waals surface area contributed by atoms with Crippen LogP contribution in [0.3, 0.4) is 0 Å². The van der Waals surface area contributed by atoms with Gasteiger partial charge < -0.3 is 5.32 Å². The molecule has 0 aliphatic heterocycles. The van der Waals surface area contributed by atoms with Gasteiger partial charge >= 0.3 is 0 Å². The number of hydrogen-bond donors (Lipinski definition) is 1. The standard InChI is InChI=1S/C18H27N/c1-12-6-13(2)18(14(3)7-12)11-19-10-17-9-15-4-5-16(17)8-15/h6-7,15-17,19H,4-5,8-11H2,1-3H3. The fourth-order valence-electron chi connectivity index (χ4n) is 4.50. The maximum atomic E-state index is 3.73. The molecule has 0 saturated heterocycles. The average Bonchev–Trinajstić information content (AvgIpc) is 2.94. The molecule has 1 N–H and O–H groups in total. The van der Waals surface area contributed by atoms with Crippen LogP contribution in [0.2, 0.25) is 0 Å². The molecule has 1 nitrogen and oxygen atoms in total. The minimum absolute atomic E-state index is 0.963. The zero-order valence-corrected chi connectivity index (χ0v) is 12.6. The zero-order chi connectivity index (χ0) is 13.4. The van der Waals surface area contributed by atoms with Crippen LogP contribution in [0, 0.1) is 38.5 Å². The van der Waals surface area contributed by atoms with Gasteiger partial charge in [0.2, 0.25) is 0 Å². The Bertz CT molecular complexity index is 440. The average molecular weight is 257 g/mol. The first-order valence-corrected chi connectivity index (χ1v) is 7.91. The van der Waals surface area contributed by atoms with E-state index in [0.29, 0.717) is 0 Å². The molecule has 2 bridgehead atoms. The molecule has 1 aromatic carbocycles. The first-order valence-electron chi connectivity index (χ1n) is 7.91. The third-order valence-electron chi connectivity index (χ3n) is 5.43. The first kappa shape index (κ1) is 13.2. The summed E-state index contributed by atoms with van der Waals surface area (Å²) in [6.45, 7) is 8.95. The molecule has 1 heteroatoms. The minimum atomic E-state index is 0.963. The van der Waals surface area contributed by atoms with Gasteiger partial charge in [-0.05, 0) is 81.0 Å². The molecule has 0 amide bonds. The van der Waals surface area contributed by atoms with Crippen molar-refractivity contribution in [3.63, 3.8) is 0 Å². The van der Waals surface area contributed by atoms with E-state index in [1.54, 1.807) is 0 Å². The molecule has 0 spiro atoms. The summed E-state index contributed by atoms with van der Waals surface area (Å²) < 4.78 is 0. The SMILES string of the molecule is Cc1cc(C)c(CNCC2CC3CCC2C3)c(C)c1. The highest BCUT2D eigenvalue weighted by Gasteiger charge is 2.38. The van der Waals surface area contributed by atoms with Crippen molar-refractivity contribution in [3.8, 4) is 0 Å². The quantitative estimate of drug-likeness (QED) is 0.855. The molecule has 0 aromatic heterocycles. The number of rotatable bonds is 4. The van der Waals surface area contributed by atoms with Crippen LogP contribution in [0.15, 0.2) is 12.1 Å². The second-order valence-electron chi connectivity index (χ2n) is 6.94. The van der Waals surface area contributed by atoms with E-state index in [1.165, 1.54) is 54.5 Å². The minimum Gasteiger partial charge on any atom is -0.312 e. The van der Waals surface area contributed by atoms with Crippen LogP contribution in [0.1, 0.15) is 47.9 Å². The van der Waals surface area contributed by atoms with Crippen molar-refractivity contribution in [1.29, 1.82) is 0 Å². The van der Waals surface area contributed by atoms with Crippen LogP contribution in [-0.4, -0.2) is 6.54 Å². The summed E-state index contributed by atoms with van der Waals surface area (Å²) in [4.78, 5) is 0. The Labute approximate surface area is 117 Å². The van der Waals surface area contributed by atoms with Gasteiger partial charge in [0.1, 0.15) is 0 Å². The third kappa shape index (κ3) is 2.72. The fourth-order valence-corrected chi connectivity index (χ4v) is 4.50. The van der Waals surface area contributed by atoms with E-state index in [4.69, 9.17) is 0 Å². The molecule has 104 valence electrons. The Morgan fingerprint density at radius 3 is 2.37 bits per heavy atom. The molecule has 3 unspecified atom stereocenters. The van der Waals surface area contributed by atoms with Gasteiger partial charge in [0, 0.05) is 6.54 Å². The monoisotopic (exact) mass is 257 g/mol. The van der Waals surface area contributed by atoms with Gasteiger partial charge in [0.05, 0.1) is 0 Å². The van der Waals surface area contributed by atoms with Crippen molar-refractivity contribution in [1.82, 2.24) is 5.32 Å².